The summed E-state index contributed by atoms with van der Waals surface area (Å²) in [6.45, 7) is 6.11. The molecule has 0 heterocycles. The van der Waals surface area contributed by atoms with Crippen molar-refractivity contribution in [2.75, 3.05) is 20.2 Å². The molecule has 6 atom stereocenters. The molecule has 0 amide bonds. The predicted molar refractivity (Wildman–Crippen MR) is 110 cm³/mol. The molecule has 0 saturated heterocycles. The first-order valence-electron chi connectivity index (χ1n) is 11.4. The van der Waals surface area contributed by atoms with Crippen LogP contribution in [0.2, 0.25) is 0 Å². The second-order valence-electron chi connectivity index (χ2n) is 10.4. The van der Waals surface area contributed by atoms with Crippen LogP contribution in [0, 0.1) is 28.6 Å². The molecule has 4 aliphatic carbocycles. The molecule has 158 valence electrons. The summed E-state index contributed by atoms with van der Waals surface area (Å²) in [5, 5.41) is 19.2. The van der Waals surface area contributed by atoms with E-state index in [-0.39, 0.29) is 10.8 Å². The van der Waals surface area contributed by atoms with Crippen molar-refractivity contribution in [2.45, 2.75) is 83.7 Å². The van der Waals surface area contributed by atoms with Gasteiger partial charge in [0.25, 0.3) is 0 Å². The third-order valence-electron chi connectivity index (χ3n) is 9.20. The van der Waals surface area contributed by atoms with Crippen molar-refractivity contribution >= 4 is 11.5 Å². The van der Waals surface area contributed by atoms with Crippen molar-refractivity contribution in [3.8, 4) is 0 Å². The van der Waals surface area contributed by atoms with Gasteiger partial charge in [-0.1, -0.05) is 19.0 Å². The molecule has 0 aromatic carbocycles. The number of fused-ring (bicyclic) bond motifs is 5. The Balaban J connectivity index is 1.47. The van der Waals surface area contributed by atoms with Gasteiger partial charge in [-0.3, -0.25) is 4.79 Å². The monoisotopic (exact) mass is 390 g/mol. The summed E-state index contributed by atoms with van der Waals surface area (Å²) in [7, 11) is 1.94. The van der Waals surface area contributed by atoms with E-state index < -0.39 is 5.60 Å². The van der Waals surface area contributed by atoms with E-state index in [9.17, 15) is 9.90 Å². The Morgan fingerprint density at radius 2 is 1.96 bits per heavy atom. The molecule has 0 aliphatic heterocycles. The quantitative estimate of drug-likeness (QED) is 0.555. The maximum atomic E-state index is 12.6. The van der Waals surface area contributed by atoms with Crippen LogP contribution in [0.5, 0.6) is 0 Å². The molecule has 2 N–H and O–H groups in total. The van der Waals surface area contributed by atoms with Crippen LogP contribution >= 0.6 is 0 Å². The number of Topliss-reactive ketones (excluding diaryl/α,β-unsaturated/α-hetero) is 1. The van der Waals surface area contributed by atoms with Gasteiger partial charge in [0.05, 0.1) is 11.3 Å². The summed E-state index contributed by atoms with van der Waals surface area (Å²) in [5.74, 6) is 2.17. The molecule has 0 spiro atoms. The summed E-state index contributed by atoms with van der Waals surface area (Å²) in [4.78, 5) is 18.1. The van der Waals surface area contributed by atoms with E-state index in [0.717, 1.165) is 70.0 Å². The van der Waals surface area contributed by atoms with Crippen LogP contribution < -0.4 is 5.32 Å². The largest absolute Gasteiger partial charge is 0.396 e. The minimum absolute atomic E-state index is 0.0615. The minimum atomic E-state index is -0.671. The Hall–Kier alpha value is -0.940. The molecule has 0 bridgehead atoms. The van der Waals surface area contributed by atoms with E-state index in [2.05, 4.69) is 24.3 Å². The second kappa shape index (κ2) is 7.39. The summed E-state index contributed by atoms with van der Waals surface area (Å²) in [5.41, 5.74) is 0.207. The van der Waals surface area contributed by atoms with Gasteiger partial charge < -0.3 is 15.3 Å². The summed E-state index contributed by atoms with van der Waals surface area (Å²) >= 11 is 0. The standard InChI is InChI=1S/C23H38N2O3/c1-21-10-9-19-17(18(21)5-6-20(21)26)8-12-23(27)15-16(7-11-22(19,23)2)25-28-14-4-13-24-3/h17-19,24,27H,4-15H2,1-3H3/t17-,18-,19+,21-,22+,23?/m0/s1. The van der Waals surface area contributed by atoms with Crippen molar-refractivity contribution in [3.63, 3.8) is 0 Å². The van der Waals surface area contributed by atoms with E-state index in [1.807, 2.05) is 7.05 Å². The van der Waals surface area contributed by atoms with Crippen molar-refractivity contribution in [2.24, 2.45) is 33.7 Å². The number of oxime groups is 1. The first kappa shape index (κ1) is 20.3. The van der Waals surface area contributed by atoms with Gasteiger partial charge in [0.1, 0.15) is 12.4 Å². The highest BCUT2D eigenvalue weighted by molar-refractivity contribution is 5.87. The van der Waals surface area contributed by atoms with Crippen LogP contribution in [-0.2, 0) is 9.63 Å². The van der Waals surface area contributed by atoms with Gasteiger partial charge in [-0.15, -0.1) is 0 Å². The fourth-order valence-electron chi connectivity index (χ4n) is 7.35. The van der Waals surface area contributed by atoms with Crippen molar-refractivity contribution in [3.05, 3.63) is 0 Å². The summed E-state index contributed by atoms with van der Waals surface area (Å²) in [6.07, 6.45) is 9.34. The Labute approximate surface area is 169 Å². The number of carbonyl (C=O) groups excluding carboxylic acids is 1. The van der Waals surface area contributed by atoms with Crippen LogP contribution in [0.1, 0.15) is 78.1 Å². The molecule has 4 saturated carbocycles. The molecule has 5 nitrogen and oxygen atoms in total. The number of aliphatic hydroxyl groups is 1. The van der Waals surface area contributed by atoms with E-state index in [1.165, 1.54) is 0 Å². The number of ketones is 1. The Morgan fingerprint density at radius 3 is 2.75 bits per heavy atom. The normalized spacial score (nSPS) is 46.8. The van der Waals surface area contributed by atoms with E-state index >= 15 is 0 Å². The second-order valence-corrected chi connectivity index (χ2v) is 10.4. The van der Waals surface area contributed by atoms with Gasteiger partial charge in [-0.2, -0.15) is 0 Å². The lowest BCUT2D eigenvalue weighted by Gasteiger charge is -2.62. The molecule has 4 fully saturated rings. The highest BCUT2D eigenvalue weighted by Crippen LogP contribution is 2.66. The molecule has 0 aromatic rings. The first-order chi connectivity index (χ1) is 13.3. The average molecular weight is 391 g/mol. The van der Waals surface area contributed by atoms with Gasteiger partial charge in [0.15, 0.2) is 0 Å². The van der Waals surface area contributed by atoms with E-state index in [1.54, 1.807) is 0 Å². The third kappa shape index (κ3) is 3.04. The van der Waals surface area contributed by atoms with Crippen molar-refractivity contribution in [1.82, 2.24) is 5.32 Å². The van der Waals surface area contributed by atoms with Gasteiger partial charge >= 0.3 is 0 Å². The van der Waals surface area contributed by atoms with Gasteiger partial charge in [-0.25, -0.2) is 0 Å². The maximum Gasteiger partial charge on any atom is 0.139 e. The number of hydrogen-bond donors (Lipinski definition) is 2. The van der Waals surface area contributed by atoms with Crippen LogP contribution in [0.15, 0.2) is 5.16 Å². The lowest BCUT2D eigenvalue weighted by Crippen LogP contribution is -2.62. The van der Waals surface area contributed by atoms with Crippen molar-refractivity contribution < 1.29 is 14.7 Å². The summed E-state index contributed by atoms with van der Waals surface area (Å²) < 4.78 is 0. The predicted octanol–water partition coefficient (Wildman–Crippen LogP) is 3.70. The zero-order valence-electron chi connectivity index (χ0n) is 17.9. The Kier molecular flexibility index (Phi) is 5.37. The average Bonchev–Trinajstić information content (AvgIpc) is 2.97. The fourth-order valence-corrected chi connectivity index (χ4v) is 7.35. The van der Waals surface area contributed by atoms with E-state index in [0.29, 0.717) is 36.6 Å². The molecule has 0 aromatic heterocycles. The zero-order chi connectivity index (χ0) is 20.0. The van der Waals surface area contributed by atoms with Crippen molar-refractivity contribution in [1.29, 1.82) is 0 Å². The zero-order valence-corrected chi connectivity index (χ0v) is 17.9. The molecule has 5 heteroatoms. The molecule has 0 radical (unpaired) electrons. The Morgan fingerprint density at radius 1 is 1.14 bits per heavy atom. The van der Waals surface area contributed by atoms with Crippen LogP contribution in [-0.4, -0.2) is 42.4 Å². The van der Waals surface area contributed by atoms with Gasteiger partial charge in [0.2, 0.25) is 0 Å². The van der Waals surface area contributed by atoms with Gasteiger partial charge in [0, 0.05) is 23.7 Å². The lowest BCUT2D eigenvalue weighted by molar-refractivity contribution is -0.188. The number of rotatable bonds is 5. The number of nitrogens with zero attached hydrogens (tertiary/aromatic N) is 1. The van der Waals surface area contributed by atoms with Crippen LogP contribution in [0.25, 0.3) is 0 Å². The number of carbonyl (C=O) groups is 1. The van der Waals surface area contributed by atoms with Gasteiger partial charge in [-0.05, 0) is 82.7 Å². The maximum absolute atomic E-state index is 12.6. The summed E-state index contributed by atoms with van der Waals surface area (Å²) in [6, 6.07) is 0. The van der Waals surface area contributed by atoms with Crippen LogP contribution in [0.3, 0.4) is 0 Å². The molecule has 4 rings (SSSR count). The smallest absolute Gasteiger partial charge is 0.139 e. The van der Waals surface area contributed by atoms with E-state index in [4.69, 9.17) is 4.84 Å². The molecule has 4 aliphatic rings. The molecule has 1 unspecified atom stereocenters. The highest BCUT2D eigenvalue weighted by atomic mass is 16.6. The lowest BCUT2D eigenvalue weighted by atomic mass is 9.43. The third-order valence-corrected chi connectivity index (χ3v) is 9.20. The number of nitrogens with one attached hydrogen (secondary N) is 1. The first-order valence-corrected chi connectivity index (χ1v) is 11.4. The fraction of sp³-hybridized carbons (Fsp3) is 0.913. The SMILES string of the molecule is CNCCCON=C1CC[C@]2(C)[C@@H]3CC[C@]4(C)C(=O)CC[C@H]4[C@@H]3CCC2(O)C1. The Bertz CT molecular complexity index is 650. The molecular weight excluding hydrogens is 352 g/mol. The number of hydrogen-bond acceptors (Lipinski definition) is 5. The highest BCUT2D eigenvalue weighted by Gasteiger charge is 2.64. The molecular formula is C23H38N2O3. The van der Waals surface area contributed by atoms with Crippen LogP contribution in [0.4, 0.5) is 0 Å². The molecule has 28 heavy (non-hydrogen) atoms. The minimum Gasteiger partial charge on any atom is -0.396 e. The topological polar surface area (TPSA) is 70.9 Å².